The fourth-order valence-electron chi connectivity index (χ4n) is 2.93. The van der Waals surface area contributed by atoms with Crippen LogP contribution in [0.4, 0.5) is 0 Å². The maximum Gasteiger partial charge on any atom is 0.160 e. The first-order chi connectivity index (χ1) is 8.79. The Labute approximate surface area is 112 Å². The largest absolute Gasteiger partial charge is 0.311 e. The van der Waals surface area contributed by atoms with Gasteiger partial charge in [0.2, 0.25) is 0 Å². The zero-order valence-corrected chi connectivity index (χ0v) is 11.5. The molecular formula is C14H18ClN3. The van der Waals surface area contributed by atoms with Gasteiger partial charge >= 0.3 is 0 Å². The molecule has 0 unspecified atom stereocenters. The third-order valence-electron chi connectivity index (χ3n) is 3.95. The Balaban J connectivity index is 2.04. The Bertz CT molecular complexity index is 555. The number of pyridine rings is 1. The van der Waals surface area contributed by atoms with E-state index in [9.17, 15) is 0 Å². The maximum absolute atomic E-state index is 6.03. The Morgan fingerprint density at radius 1 is 1.39 bits per heavy atom. The molecule has 1 saturated carbocycles. The second-order valence-electron chi connectivity index (χ2n) is 5.22. The van der Waals surface area contributed by atoms with Crippen molar-refractivity contribution in [3.8, 4) is 0 Å². The lowest BCUT2D eigenvalue weighted by Crippen LogP contribution is -2.10. The van der Waals surface area contributed by atoms with E-state index < -0.39 is 0 Å². The predicted molar refractivity (Wildman–Crippen MR) is 73.8 cm³/mol. The molecule has 0 saturated heterocycles. The van der Waals surface area contributed by atoms with Crippen molar-refractivity contribution >= 4 is 22.8 Å². The molecule has 2 aromatic rings. The van der Waals surface area contributed by atoms with Crippen LogP contribution in [0.2, 0.25) is 0 Å². The predicted octanol–water partition coefficient (Wildman–Crippen LogP) is 3.67. The van der Waals surface area contributed by atoms with Gasteiger partial charge in [0, 0.05) is 12.7 Å². The van der Waals surface area contributed by atoms with Crippen LogP contribution < -0.4 is 0 Å². The van der Waals surface area contributed by atoms with Gasteiger partial charge in [0.25, 0.3) is 0 Å². The molecule has 96 valence electrons. The normalized spacial score (nSPS) is 16.8. The van der Waals surface area contributed by atoms with E-state index in [1.54, 1.807) is 0 Å². The molecule has 3 nitrogen and oxygen atoms in total. The van der Waals surface area contributed by atoms with Crippen molar-refractivity contribution in [2.45, 2.75) is 45.0 Å². The average molecular weight is 264 g/mol. The Hall–Kier alpha value is -1.09. The van der Waals surface area contributed by atoms with Crippen LogP contribution in [0.3, 0.4) is 0 Å². The summed E-state index contributed by atoms with van der Waals surface area (Å²) in [6.07, 6.45) is 7.24. The first-order valence-corrected chi connectivity index (χ1v) is 7.19. The monoisotopic (exact) mass is 263 g/mol. The van der Waals surface area contributed by atoms with Gasteiger partial charge < -0.3 is 4.57 Å². The molecule has 0 radical (unpaired) electrons. The second-order valence-corrected chi connectivity index (χ2v) is 5.49. The number of rotatable bonds is 3. The Kier molecular flexibility index (Phi) is 3.25. The summed E-state index contributed by atoms with van der Waals surface area (Å²) in [5.74, 6) is 2.19. The molecular weight excluding hydrogens is 246 g/mol. The van der Waals surface area contributed by atoms with E-state index >= 15 is 0 Å². The smallest absolute Gasteiger partial charge is 0.160 e. The highest BCUT2D eigenvalue weighted by Gasteiger charge is 2.19. The number of hydrogen-bond donors (Lipinski definition) is 0. The van der Waals surface area contributed by atoms with Gasteiger partial charge in [-0.2, -0.15) is 0 Å². The third kappa shape index (κ3) is 2.01. The minimum Gasteiger partial charge on any atom is -0.311 e. The van der Waals surface area contributed by atoms with Crippen molar-refractivity contribution in [3.05, 3.63) is 23.7 Å². The van der Waals surface area contributed by atoms with E-state index in [1.807, 2.05) is 12.3 Å². The number of alkyl halides is 1. The molecule has 4 heteroatoms. The van der Waals surface area contributed by atoms with Gasteiger partial charge in [-0.05, 0) is 37.3 Å². The van der Waals surface area contributed by atoms with Crippen LogP contribution in [0.5, 0.6) is 0 Å². The van der Waals surface area contributed by atoms with Gasteiger partial charge in [0.05, 0.1) is 5.88 Å². The average Bonchev–Trinajstić information content (AvgIpc) is 2.99. The maximum atomic E-state index is 6.03. The zero-order chi connectivity index (χ0) is 12.5. The van der Waals surface area contributed by atoms with Gasteiger partial charge in [-0.25, -0.2) is 9.97 Å². The van der Waals surface area contributed by atoms with Crippen LogP contribution in [0.15, 0.2) is 12.3 Å². The molecule has 0 bridgehead atoms. The molecule has 1 fully saturated rings. The van der Waals surface area contributed by atoms with Crippen LogP contribution in [-0.4, -0.2) is 14.5 Å². The summed E-state index contributed by atoms with van der Waals surface area (Å²) >= 11 is 6.03. The number of aryl methyl sites for hydroxylation is 1. The lowest BCUT2D eigenvalue weighted by atomic mass is 10.1. The zero-order valence-electron chi connectivity index (χ0n) is 10.7. The lowest BCUT2D eigenvalue weighted by Gasteiger charge is -2.12. The standard InChI is InChI=1S/C14H18ClN3/c1-10-6-7-16-14-13(10)17-12(8-15)18(14)9-11-4-2-3-5-11/h6-7,11H,2-5,8-9H2,1H3. The molecule has 0 aromatic carbocycles. The van der Waals surface area contributed by atoms with Gasteiger partial charge in [0.1, 0.15) is 11.3 Å². The summed E-state index contributed by atoms with van der Waals surface area (Å²) in [6, 6.07) is 2.01. The topological polar surface area (TPSA) is 30.7 Å². The van der Waals surface area contributed by atoms with E-state index in [2.05, 4.69) is 21.5 Å². The first kappa shape index (κ1) is 12.0. The molecule has 1 aliphatic rings. The molecule has 3 rings (SSSR count). The van der Waals surface area contributed by atoms with Crippen molar-refractivity contribution in [2.24, 2.45) is 5.92 Å². The minimum atomic E-state index is 0.461. The third-order valence-corrected chi connectivity index (χ3v) is 4.19. The number of aromatic nitrogens is 3. The minimum absolute atomic E-state index is 0.461. The molecule has 1 aliphatic carbocycles. The van der Waals surface area contributed by atoms with Crippen LogP contribution in [0, 0.1) is 12.8 Å². The van der Waals surface area contributed by atoms with Crippen molar-refractivity contribution in [2.75, 3.05) is 0 Å². The van der Waals surface area contributed by atoms with Crippen LogP contribution >= 0.6 is 11.6 Å². The molecule has 2 aromatic heterocycles. The highest BCUT2D eigenvalue weighted by Crippen LogP contribution is 2.28. The fourth-order valence-corrected chi connectivity index (χ4v) is 3.13. The van der Waals surface area contributed by atoms with Crippen LogP contribution in [0.1, 0.15) is 37.1 Å². The number of imidazole rings is 1. The lowest BCUT2D eigenvalue weighted by molar-refractivity contribution is 0.456. The molecule has 18 heavy (non-hydrogen) atoms. The van der Waals surface area contributed by atoms with E-state index in [4.69, 9.17) is 11.6 Å². The van der Waals surface area contributed by atoms with Gasteiger partial charge in [-0.15, -0.1) is 11.6 Å². The van der Waals surface area contributed by atoms with Crippen LogP contribution in [-0.2, 0) is 12.4 Å². The molecule has 0 spiro atoms. The van der Waals surface area contributed by atoms with Gasteiger partial charge in [-0.3, -0.25) is 0 Å². The molecule has 2 heterocycles. The summed E-state index contributed by atoms with van der Waals surface area (Å²) in [4.78, 5) is 9.14. The molecule has 0 amide bonds. The van der Waals surface area contributed by atoms with Crippen molar-refractivity contribution in [1.29, 1.82) is 0 Å². The van der Waals surface area contributed by atoms with Crippen LogP contribution in [0.25, 0.3) is 11.2 Å². The van der Waals surface area contributed by atoms with E-state index in [-0.39, 0.29) is 0 Å². The summed E-state index contributed by atoms with van der Waals surface area (Å²) in [5, 5.41) is 0. The van der Waals surface area contributed by atoms with E-state index in [0.29, 0.717) is 5.88 Å². The fraction of sp³-hybridized carbons (Fsp3) is 0.571. The summed E-state index contributed by atoms with van der Waals surface area (Å²) in [7, 11) is 0. The van der Waals surface area contributed by atoms with E-state index in [0.717, 1.165) is 29.5 Å². The van der Waals surface area contributed by atoms with Crippen molar-refractivity contribution in [1.82, 2.24) is 14.5 Å². The van der Waals surface area contributed by atoms with Gasteiger partial charge in [0.15, 0.2) is 5.65 Å². The molecule has 0 aliphatic heterocycles. The molecule has 0 N–H and O–H groups in total. The summed E-state index contributed by atoms with van der Waals surface area (Å²) in [6.45, 7) is 3.10. The Morgan fingerprint density at radius 2 is 2.17 bits per heavy atom. The summed E-state index contributed by atoms with van der Waals surface area (Å²) < 4.78 is 2.23. The Morgan fingerprint density at radius 3 is 2.89 bits per heavy atom. The highest BCUT2D eigenvalue weighted by atomic mass is 35.5. The SMILES string of the molecule is Cc1ccnc2c1nc(CCl)n2CC1CCCC1. The van der Waals surface area contributed by atoms with E-state index in [1.165, 1.54) is 31.2 Å². The highest BCUT2D eigenvalue weighted by molar-refractivity contribution is 6.16. The summed E-state index contributed by atoms with van der Waals surface area (Å²) in [5.41, 5.74) is 3.18. The number of nitrogens with zero attached hydrogens (tertiary/aromatic N) is 3. The number of halogens is 1. The quantitative estimate of drug-likeness (QED) is 0.791. The number of fused-ring (bicyclic) bond motifs is 1. The van der Waals surface area contributed by atoms with Gasteiger partial charge in [-0.1, -0.05) is 12.8 Å². The number of hydrogen-bond acceptors (Lipinski definition) is 2. The molecule has 0 atom stereocenters. The van der Waals surface area contributed by atoms with Crippen molar-refractivity contribution < 1.29 is 0 Å². The first-order valence-electron chi connectivity index (χ1n) is 6.66. The van der Waals surface area contributed by atoms with Crippen molar-refractivity contribution in [3.63, 3.8) is 0 Å². The second kappa shape index (κ2) is 4.88.